The molecule has 1 aliphatic heterocycles. The van der Waals surface area contributed by atoms with E-state index in [1.165, 1.54) is 37.7 Å². The number of methoxy groups -OCH3 is 2. The van der Waals surface area contributed by atoms with E-state index in [0.717, 1.165) is 18.1 Å². The second-order valence-electron chi connectivity index (χ2n) is 11.8. The summed E-state index contributed by atoms with van der Waals surface area (Å²) in [5.74, 6) is -2.62. The van der Waals surface area contributed by atoms with Crippen molar-refractivity contribution in [3.05, 3.63) is 70.9 Å². The molecule has 4 N–H and O–H groups in total. The third-order valence-corrected chi connectivity index (χ3v) is 9.86. The molecular weight excluding hydrogens is 744 g/mol. The zero-order valence-electron chi connectivity index (χ0n) is 28.6. The predicted molar refractivity (Wildman–Crippen MR) is 189 cm³/mol. The van der Waals surface area contributed by atoms with Crippen molar-refractivity contribution in [1.82, 2.24) is 25.1 Å². The molecule has 0 aliphatic carbocycles. The van der Waals surface area contributed by atoms with Gasteiger partial charge >= 0.3 is 12.1 Å². The first-order valence-electron chi connectivity index (χ1n) is 15.7. The zero-order chi connectivity index (χ0) is 38.5. The number of fused-ring (bicyclic) bond motifs is 1. The van der Waals surface area contributed by atoms with Crippen LogP contribution >= 0.6 is 11.3 Å². The Labute approximate surface area is 305 Å². The highest BCUT2D eigenvalue weighted by Gasteiger charge is 2.38. The molecule has 1 aliphatic rings. The van der Waals surface area contributed by atoms with Crippen LogP contribution < -0.4 is 19.5 Å². The third kappa shape index (κ3) is 9.77. The molecule has 1 amide bonds. The molecule has 0 spiro atoms. The fourth-order valence-corrected chi connectivity index (χ4v) is 7.32. The van der Waals surface area contributed by atoms with E-state index in [2.05, 4.69) is 49.0 Å². The number of ether oxygens (including phenoxy) is 3. The van der Waals surface area contributed by atoms with Crippen LogP contribution in [0.15, 0.2) is 65.1 Å². The van der Waals surface area contributed by atoms with E-state index in [1.54, 1.807) is 42.0 Å². The summed E-state index contributed by atoms with van der Waals surface area (Å²) in [5.41, 5.74) is 2.84. The number of hydrogen-bond donors (Lipinski definition) is 4. The number of aromatic amines is 1. The Balaban J connectivity index is 0.000000705. The molecule has 15 nitrogen and oxygen atoms in total. The van der Waals surface area contributed by atoms with Crippen LogP contribution in [0, 0.1) is 0 Å². The number of pyridine rings is 1. The van der Waals surface area contributed by atoms with Gasteiger partial charge in [0, 0.05) is 41.7 Å². The van der Waals surface area contributed by atoms with Crippen LogP contribution in [0.5, 0.6) is 11.6 Å². The van der Waals surface area contributed by atoms with Crippen molar-refractivity contribution in [2.24, 2.45) is 0 Å². The molecule has 20 heteroatoms. The van der Waals surface area contributed by atoms with Crippen LogP contribution in [-0.4, -0.2) is 96.2 Å². The van der Waals surface area contributed by atoms with Crippen LogP contribution in [0.2, 0.25) is 0 Å². The lowest BCUT2D eigenvalue weighted by Crippen LogP contribution is -2.44. The molecule has 53 heavy (non-hydrogen) atoms. The summed E-state index contributed by atoms with van der Waals surface area (Å²) in [4.78, 5) is 33.5. The second-order valence-corrected chi connectivity index (χ2v) is 14.4. The predicted octanol–water partition coefficient (Wildman–Crippen LogP) is 5.39. The second kappa shape index (κ2) is 16.1. The highest BCUT2D eigenvalue weighted by atomic mass is 32.2. The lowest BCUT2D eigenvalue weighted by Gasteiger charge is -2.34. The smallest absolute Gasteiger partial charge is 0.490 e. The Hall–Kier alpha value is -5.31. The Morgan fingerprint density at radius 2 is 1.75 bits per heavy atom. The molecule has 1 saturated heterocycles. The number of alkyl halides is 3. The normalized spacial score (nSPS) is 16.4. The molecule has 6 rings (SSSR count). The summed E-state index contributed by atoms with van der Waals surface area (Å²) in [6, 6.07) is 11.4. The van der Waals surface area contributed by atoms with E-state index in [0.29, 0.717) is 45.7 Å². The zero-order valence-corrected chi connectivity index (χ0v) is 30.2. The van der Waals surface area contributed by atoms with E-state index in [1.807, 2.05) is 6.07 Å². The number of aromatic nitrogens is 4. The molecule has 5 aromatic rings. The van der Waals surface area contributed by atoms with Crippen molar-refractivity contribution in [2.75, 3.05) is 37.3 Å². The lowest BCUT2D eigenvalue weighted by atomic mass is 10.0. The van der Waals surface area contributed by atoms with Crippen LogP contribution in [0.1, 0.15) is 29.3 Å². The number of nitrogens with zero attached hydrogens (tertiary/aromatic N) is 4. The van der Waals surface area contributed by atoms with Gasteiger partial charge in [0.25, 0.3) is 15.9 Å². The van der Waals surface area contributed by atoms with Gasteiger partial charge in [-0.15, -0.1) is 11.3 Å². The average molecular weight is 778 g/mol. The fraction of sp³-hybridized carbons (Fsp3) is 0.303. The van der Waals surface area contributed by atoms with Crippen molar-refractivity contribution in [3.63, 3.8) is 0 Å². The van der Waals surface area contributed by atoms with E-state index >= 15 is 0 Å². The largest absolute Gasteiger partial charge is 0.497 e. The minimum absolute atomic E-state index is 0.0162. The number of carboxylic acid groups (broad SMARTS) is 1. The average Bonchev–Trinajstić information content (AvgIpc) is 3.78. The lowest BCUT2D eigenvalue weighted by molar-refractivity contribution is -0.192. The van der Waals surface area contributed by atoms with Gasteiger partial charge in [-0.3, -0.25) is 19.5 Å². The molecule has 0 unspecified atom stereocenters. The summed E-state index contributed by atoms with van der Waals surface area (Å²) in [6.07, 6.45) is -1.62. The van der Waals surface area contributed by atoms with Crippen molar-refractivity contribution >= 4 is 55.5 Å². The maximum atomic E-state index is 13.4. The van der Waals surface area contributed by atoms with Gasteiger partial charge in [-0.05, 0) is 49.7 Å². The summed E-state index contributed by atoms with van der Waals surface area (Å²) in [5, 5.41) is 20.5. The van der Waals surface area contributed by atoms with E-state index in [-0.39, 0.29) is 34.6 Å². The number of nitrogens with one attached hydrogen (secondary N) is 3. The van der Waals surface area contributed by atoms with Crippen LogP contribution in [0.4, 0.5) is 24.5 Å². The molecular formula is C33H34F3N7O8S2. The third-order valence-electron chi connectivity index (χ3n) is 7.66. The number of morpholine rings is 1. The molecule has 0 radical (unpaired) electrons. The number of rotatable bonds is 10. The Bertz CT molecular complexity index is 2200. The Morgan fingerprint density at radius 3 is 2.42 bits per heavy atom. The minimum atomic E-state index is -5.08. The highest BCUT2D eigenvalue weighted by molar-refractivity contribution is 7.92. The summed E-state index contributed by atoms with van der Waals surface area (Å²) >= 11 is 1.44. The van der Waals surface area contributed by atoms with Crippen LogP contribution in [0.25, 0.3) is 22.0 Å². The number of amides is 1. The van der Waals surface area contributed by atoms with Gasteiger partial charge in [0.1, 0.15) is 22.1 Å². The number of benzene rings is 2. The number of halogens is 3. The SMILES string of the molecule is COc1cccc(S(=O)(=O)Nc2cc(-c3cc(NC(=O)c4csc(CN5C[C@@H](C)O[C@@H](C)C5)n4)c4cn[nH]c4c3)cnc2OC)c1.O=C(O)C(F)(F)F. The van der Waals surface area contributed by atoms with Gasteiger partial charge in [-0.25, -0.2) is 23.2 Å². The van der Waals surface area contributed by atoms with Crippen LogP contribution in [-0.2, 0) is 26.1 Å². The van der Waals surface area contributed by atoms with Crippen molar-refractivity contribution in [2.45, 2.75) is 43.7 Å². The fourth-order valence-electron chi connectivity index (χ4n) is 5.42. The molecule has 1 fully saturated rings. The molecule has 4 heterocycles. The van der Waals surface area contributed by atoms with Gasteiger partial charge in [0.2, 0.25) is 5.88 Å². The van der Waals surface area contributed by atoms with E-state index < -0.39 is 22.2 Å². The van der Waals surface area contributed by atoms with E-state index in [4.69, 9.17) is 24.1 Å². The number of carbonyl (C=O) groups excluding carboxylic acids is 1. The Morgan fingerprint density at radius 1 is 1.06 bits per heavy atom. The molecule has 0 saturated carbocycles. The van der Waals surface area contributed by atoms with E-state index in [9.17, 15) is 26.4 Å². The standard InChI is InChI=1S/C31H33N7O6S2.C2HF3O2/c1-18-14-38(15-19(2)44-18)16-29-34-28(17-45-29)30(39)35-25-8-20(9-26-24(25)13-33-36-26)21-10-27(31(43-4)32-12-21)37-46(40,41)23-7-5-6-22(11-23)42-3;3-2(4,5)1(6)7/h5-13,17-19,37H,14-16H2,1-4H3,(H,33,36)(H,35,39);(H,6,7)/t18-,19+;. The Kier molecular flexibility index (Phi) is 11.9. The van der Waals surface area contributed by atoms with Crippen molar-refractivity contribution < 1.29 is 50.5 Å². The van der Waals surface area contributed by atoms with Crippen LogP contribution in [0.3, 0.4) is 0 Å². The van der Waals surface area contributed by atoms with Crippen molar-refractivity contribution in [1.29, 1.82) is 0 Å². The number of aliphatic carboxylic acids is 1. The van der Waals surface area contributed by atoms with Gasteiger partial charge < -0.3 is 24.6 Å². The molecule has 3 aromatic heterocycles. The number of H-pyrrole nitrogens is 1. The number of carbonyl (C=O) groups is 2. The van der Waals surface area contributed by atoms with Gasteiger partial charge in [0.05, 0.1) is 55.3 Å². The summed E-state index contributed by atoms with van der Waals surface area (Å²) in [6.45, 7) is 6.36. The first kappa shape index (κ1) is 38.9. The number of anilines is 2. The number of carboxylic acids is 1. The number of sulfonamides is 1. The topological polar surface area (TPSA) is 198 Å². The molecule has 2 aromatic carbocycles. The first-order valence-corrected chi connectivity index (χ1v) is 18.0. The summed E-state index contributed by atoms with van der Waals surface area (Å²) in [7, 11) is -1.14. The number of thiazole rings is 1. The molecule has 0 bridgehead atoms. The minimum Gasteiger partial charge on any atom is -0.497 e. The van der Waals surface area contributed by atoms with Gasteiger partial charge in [0.15, 0.2) is 0 Å². The quantitative estimate of drug-likeness (QED) is 0.141. The van der Waals surface area contributed by atoms with Gasteiger partial charge in [-0.1, -0.05) is 6.07 Å². The first-order chi connectivity index (χ1) is 25.1. The maximum absolute atomic E-state index is 13.4. The monoisotopic (exact) mass is 777 g/mol. The highest BCUT2D eigenvalue weighted by Crippen LogP contribution is 2.34. The summed E-state index contributed by atoms with van der Waals surface area (Å²) < 4.78 is 77.2. The van der Waals surface area contributed by atoms with Crippen molar-refractivity contribution in [3.8, 4) is 22.8 Å². The van der Waals surface area contributed by atoms with Gasteiger partial charge in [-0.2, -0.15) is 18.3 Å². The number of hydrogen-bond acceptors (Lipinski definition) is 12. The maximum Gasteiger partial charge on any atom is 0.490 e. The molecule has 282 valence electrons. The molecule has 2 atom stereocenters.